The molecular weight excluding hydrogens is 440 g/mol. The molecule has 0 bridgehead atoms. The minimum Gasteiger partial charge on any atom is -0.496 e. The first kappa shape index (κ1) is 24.9. The summed E-state index contributed by atoms with van der Waals surface area (Å²) in [6.45, 7) is 1.73. The van der Waals surface area contributed by atoms with Gasteiger partial charge in [0, 0.05) is 55.5 Å². The Morgan fingerprint density at radius 2 is 1.60 bits per heavy atom. The lowest BCUT2D eigenvalue weighted by Gasteiger charge is -2.35. The summed E-state index contributed by atoms with van der Waals surface area (Å²) in [6.07, 6.45) is 4.76. The van der Waals surface area contributed by atoms with E-state index in [2.05, 4.69) is 46.8 Å². The molecule has 188 valence electrons. The van der Waals surface area contributed by atoms with Gasteiger partial charge >= 0.3 is 0 Å². The Balaban J connectivity index is 1.32. The van der Waals surface area contributed by atoms with Crippen LogP contribution in [0.3, 0.4) is 0 Å². The molecule has 0 amide bonds. The number of pyridine rings is 1. The van der Waals surface area contributed by atoms with Crippen molar-refractivity contribution in [1.29, 1.82) is 0 Å². The highest BCUT2D eigenvalue weighted by Crippen LogP contribution is 2.35. The lowest BCUT2D eigenvalue weighted by atomic mass is 9.85. The molecule has 2 N–H and O–H groups in total. The first-order valence-corrected chi connectivity index (χ1v) is 12.4. The molecule has 1 aromatic heterocycles. The number of para-hydroxylation sites is 1. The van der Waals surface area contributed by atoms with E-state index in [4.69, 9.17) is 19.2 Å². The van der Waals surface area contributed by atoms with Crippen molar-refractivity contribution < 1.29 is 14.2 Å². The minimum absolute atomic E-state index is 0.510. The Labute approximate surface area is 208 Å². The molecular formula is C28H38N4O3. The smallest absolute Gasteiger partial charge is 0.164 e. The third kappa shape index (κ3) is 5.56. The number of benzene rings is 2. The standard InChI is InChI=1S/C28H38N4O3/c1-29-24-15-28(31-23-9-7-6-8-22(23)24)32(2)21-12-10-19(11-13-21)17-30-18-20-14-26(34-4)27(35-5)16-25(20)33-3/h6-9,14-16,19,21,30H,10-13,17-18H2,1-5H3,(H,29,31). The summed E-state index contributed by atoms with van der Waals surface area (Å²) in [7, 11) is 9.14. The number of anilines is 2. The van der Waals surface area contributed by atoms with E-state index in [0.717, 1.165) is 52.6 Å². The van der Waals surface area contributed by atoms with Crippen LogP contribution in [0.2, 0.25) is 0 Å². The number of hydrogen-bond acceptors (Lipinski definition) is 7. The van der Waals surface area contributed by atoms with E-state index in [0.29, 0.717) is 17.7 Å². The van der Waals surface area contributed by atoms with Gasteiger partial charge in [0.2, 0.25) is 0 Å². The fourth-order valence-electron chi connectivity index (χ4n) is 5.11. The van der Waals surface area contributed by atoms with Crippen molar-refractivity contribution in [2.45, 2.75) is 38.3 Å². The number of hydrogen-bond donors (Lipinski definition) is 2. The minimum atomic E-state index is 0.510. The summed E-state index contributed by atoms with van der Waals surface area (Å²) in [5.41, 5.74) is 3.23. The Morgan fingerprint density at radius 3 is 2.29 bits per heavy atom. The average molecular weight is 479 g/mol. The van der Waals surface area contributed by atoms with Gasteiger partial charge in [-0.05, 0) is 50.3 Å². The summed E-state index contributed by atoms with van der Waals surface area (Å²) in [6, 6.07) is 14.9. The second-order valence-electron chi connectivity index (χ2n) is 9.23. The van der Waals surface area contributed by atoms with Crippen LogP contribution in [-0.4, -0.2) is 53.0 Å². The lowest BCUT2D eigenvalue weighted by Crippen LogP contribution is -2.37. The predicted octanol–water partition coefficient (Wildman–Crippen LogP) is 5.09. The fourth-order valence-corrected chi connectivity index (χ4v) is 5.11. The van der Waals surface area contributed by atoms with Crippen molar-refractivity contribution in [2.75, 3.05) is 52.2 Å². The summed E-state index contributed by atoms with van der Waals surface area (Å²) in [5, 5.41) is 8.13. The van der Waals surface area contributed by atoms with Gasteiger partial charge < -0.3 is 29.7 Å². The average Bonchev–Trinajstić information content (AvgIpc) is 2.91. The van der Waals surface area contributed by atoms with E-state index in [-0.39, 0.29) is 0 Å². The third-order valence-electron chi connectivity index (χ3n) is 7.23. The predicted molar refractivity (Wildman–Crippen MR) is 143 cm³/mol. The van der Waals surface area contributed by atoms with Gasteiger partial charge in [0.05, 0.1) is 26.8 Å². The highest BCUT2D eigenvalue weighted by molar-refractivity contribution is 5.93. The first-order chi connectivity index (χ1) is 17.1. The maximum absolute atomic E-state index is 5.56. The van der Waals surface area contributed by atoms with E-state index in [1.165, 1.54) is 25.7 Å². The van der Waals surface area contributed by atoms with E-state index in [9.17, 15) is 0 Å². The summed E-state index contributed by atoms with van der Waals surface area (Å²) in [5.74, 6) is 3.92. The number of nitrogens with one attached hydrogen (secondary N) is 2. The van der Waals surface area contributed by atoms with Crippen LogP contribution >= 0.6 is 0 Å². The van der Waals surface area contributed by atoms with Crippen LogP contribution < -0.4 is 29.7 Å². The normalized spacial score (nSPS) is 17.7. The molecule has 1 aliphatic carbocycles. The van der Waals surface area contributed by atoms with Crippen molar-refractivity contribution in [3.05, 3.63) is 48.0 Å². The van der Waals surface area contributed by atoms with Crippen molar-refractivity contribution in [3.8, 4) is 17.2 Å². The SMILES string of the molecule is CNc1cc(N(C)C2CCC(CNCc3cc(OC)c(OC)cc3OC)CC2)nc2ccccc12. The molecule has 3 aromatic rings. The molecule has 0 radical (unpaired) electrons. The number of rotatable bonds is 10. The zero-order valence-corrected chi connectivity index (χ0v) is 21.6. The molecule has 7 nitrogen and oxygen atoms in total. The molecule has 1 saturated carbocycles. The summed E-state index contributed by atoms with van der Waals surface area (Å²) >= 11 is 0. The number of methoxy groups -OCH3 is 3. The lowest BCUT2D eigenvalue weighted by molar-refractivity contribution is 0.307. The van der Waals surface area contributed by atoms with Crippen molar-refractivity contribution >= 4 is 22.4 Å². The van der Waals surface area contributed by atoms with E-state index >= 15 is 0 Å². The van der Waals surface area contributed by atoms with Crippen LogP contribution in [-0.2, 0) is 6.54 Å². The van der Waals surface area contributed by atoms with Crippen LogP contribution in [0.4, 0.5) is 11.5 Å². The van der Waals surface area contributed by atoms with E-state index in [1.807, 2.05) is 25.2 Å². The molecule has 1 heterocycles. The number of fused-ring (bicyclic) bond motifs is 1. The Hall–Kier alpha value is -3.19. The van der Waals surface area contributed by atoms with Gasteiger partial charge in [0.15, 0.2) is 11.5 Å². The zero-order valence-electron chi connectivity index (χ0n) is 21.6. The molecule has 35 heavy (non-hydrogen) atoms. The van der Waals surface area contributed by atoms with Crippen molar-refractivity contribution in [2.24, 2.45) is 5.92 Å². The maximum Gasteiger partial charge on any atom is 0.164 e. The number of ether oxygens (including phenoxy) is 3. The van der Waals surface area contributed by atoms with E-state index in [1.54, 1.807) is 21.3 Å². The van der Waals surface area contributed by atoms with Gasteiger partial charge in [-0.3, -0.25) is 0 Å². The topological polar surface area (TPSA) is 67.9 Å². The highest BCUT2D eigenvalue weighted by atomic mass is 16.5. The third-order valence-corrected chi connectivity index (χ3v) is 7.23. The molecule has 1 fully saturated rings. The highest BCUT2D eigenvalue weighted by Gasteiger charge is 2.25. The molecule has 2 aromatic carbocycles. The van der Waals surface area contributed by atoms with Crippen LogP contribution in [0, 0.1) is 5.92 Å². The molecule has 1 aliphatic rings. The zero-order chi connectivity index (χ0) is 24.8. The summed E-state index contributed by atoms with van der Waals surface area (Å²) in [4.78, 5) is 7.31. The van der Waals surface area contributed by atoms with Crippen molar-refractivity contribution in [1.82, 2.24) is 10.3 Å². The molecule has 4 rings (SSSR count). The van der Waals surface area contributed by atoms with Gasteiger partial charge in [-0.1, -0.05) is 18.2 Å². The first-order valence-electron chi connectivity index (χ1n) is 12.4. The number of aromatic nitrogens is 1. The largest absolute Gasteiger partial charge is 0.496 e. The molecule has 0 aliphatic heterocycles. The Bertz CT molecular complexity index is 1130. The van der Waals surface area contributed by atoms with Crippen LogP contribution in [0.15, 0.2) is 42.5 Å². The quantitative estimate of drug-likeness (QED) is 0.421. The van der Waals surface area contributed by atoms with Crippen LogP contribution in [0.5, 0.6) is 17.2 Å². The van der Waals surface area contributed by atoms with Gasteiger partial charge in [0.25, 0.3) is 0 Å². The van der Waals surface area contributed by atoms with Gasteiger partial charge in [0.1, 0.15) is 11.6 Å². The van der Waals surface area contributed by atoms with Gasteiger partial charge in [-0.25, -0.2) is 4.98 Å². The van der Waals surface area contributed by atoms with Crippen LogP contribution in [0.25, 0.3) is 10.9 Å². The van der Waals surface area contributed by atoms with Gasteiger partial charge in [-0.2, -0.15) is 0 Å². The molecule has 0 unspecified atom stereocenters. The molecule has 0 atom stereocenters. The maximum atomic E-state index is 5.56. The number of nitrogens with zero attached hydrogens (tertiary/aromatic N) is 2. The Morgan fingerprint density at radius 1 is 0.914 bits per heavy atom. The molecule has 0 saturated heterocycles. The van der Waals surface area contributed by atoms with Gasteiger partial charge in [-0.15, -0.1) is 0 Å². The fraction of sp³-hybridized carbons (Fsp3) is 0.464. The second kappa shape index (κ2) is 11.5. The monoisotopic (exact) mass is 478 g/mol. The molecule has 7 heteroatoms. The second-order valence-corrected chi connectivity index (χ2v) is 9.23. The van der Waals surface area contributed by atoms with Crippen LogP contribution in [0.1, 0.15) is 31.2 Å². The molecule has 0 spiro atoms. The summed E-state index contributed by atoms with van der Waals surface area (Å²) < 4.78 is 16.4. The van der Waals surface area contributed by atoms with E-state index < -0.39 is 0 Å². The van der Waals surface area contributed by atoms with Crippen molar-refractivity contribution in [3.63, 3.8) is 0 Å². The Kier molecular flexibility index (Phi) is 8.18.